The van der Waals surface area contributed by atoms with E-state index in [1.807, 2.05) is 6.92 Å². The van der Waals surface area contributed by atoms with Crippen LogP contribution in [0.1, 0.15) is 50.2 Å². The summed E-state index contributed by atoms with van der Waals surface area (Å²) in [7, 11) is 0. The van der Waals surface area contributed by atoms with Crippen molar-refractivity contribution in [2.45, 2.75) is 44.4 Å². The zero-order valence-electron chi connectivity index (χ0n) is 12.7. The second-order valence-corrected chi connectivity index (χ2v) is 7.06. The molecule has 0 saturated heterocycles. The molecule has 118 valence electrons. The normalized spacial score (nSPS) is 36.5. The maximum absolute atomic E-state index is 11.9. The van der Waals surface area contributed by atoms with E-state index in [1.165, 1.54) is 6.07 Å². The summed E-state index contributed by atoms with van der Waals surface area (Å²) in [5, 5.41) is 29.2. The monoisotopic (exact) mass is 304 g/mol. The quantitative estimate of drug-likeness (QED) is 0.781. The van der Waals surface area contributed by atoms with E-state index in [0.29, 0.717) is 12.0 Å². The van der Waals surface area contributed by atoms with Crippen molar-refractivity contribution in [3.8, 4) is 5.75 Å². The molecule has 0 spiro atoms. The second kappa shape index (κ2) is 4.48. The summed E-state index contributed by atoms with van der Waals surface area (Å²) in [6, 6.07) is 4.80. The van der Waals surface area contributed by atoms with Crippen LogP contribution in [0.2, 0.25) is 0 Å². The molecule has 0 aromatic heterocycles. The summed E-state index contributed by atoms with van der Waals surface area (Å²) >= 11 is 0. The molecule has 0 aliphatic heterocycles. The molecule has 3 rings (SSSR count). The molecule has 1 saturated carbocycles. The number of fused-ring (bicyclic) bond motifs is 3. The average Bonchev–Trinajstić information content (AvgIpc) is 2.68. The Morgan fingerprint density at radius 2 is 1.86 bits per heavy atom. The van der Waals surface area contributed by atoms with Gasteiger partial charge in [-0.15, -0.1) is 0 Å². The maximum atomic E-state index is 11.9. The number of rotatable bonds is 2. The molecule has 0 heterocycles. The van der Waals surface area contributed by atoms with Crippen molar-refractivity contribution in [3.05, 3.63) is 29.3 Å². The first-order valence-corrected chi connectivity index (χ1v) is 7.51. The van der Waals surface area contributed by atoms with Gasteiger partial charge in [0.05, 0.1) is 11.3 Å². The number of phenolic OH excluding ortho intramolecular Hbond substituents is 1. The number of hydrogen-bond donors (Lipinski definition) is 3. The Labute approximate surface area is 128 Å². The predicted octanol–water partition coefficient (Wildman–Crippen LogP) is 2.72. The van der Waals surface area contributed by atoms with Gasteiger partial charge in [0.25, 0.3) is 0 Å². The molecule has 5 heteroatoms. The number of benzene rings is 1. The van der Waals surface area contributed by atoms with Gasteiger partial charge in [-0.1, -0.05) is 19.4 Å². The lowest BCUT2D eigenvalue weighted by molar-refractivity contribution is -0.160. The van der Waals surface area contributed by atoms with Crippen molar-refractivity contribution in [1.29, 1.82) is 0 Å². The van der Waals surface area contributed by atoms with Crippen LogP contribution in [0.4, 0.5) is 0 Å². The standard InChI is InChI=1S/C17H20O5/c1-16-6-3-7-17(2,15(21)22)13(16)12(14(19)20)10-8-9(18)4-5-11(10)16/h4-5,8,12-13,18H,3,6-7H2,1-2H3,(H,19,20)(H,21,22). The van der Waals surface area contributed by atoms with Crippen LogP contribution in [-0.2, 0) is 15.0 Å². The summed E-state index contributed by atoms with van der Waals surface area (Å²) in [6.07, 6.45) is 2.00. The molecule has 0 amide bonds. The molecule has 22 heavy (non-hydrogen) atoms. The number of carboxylic acids is 2. The van der Waals surface area contributed by atoms with Gasteiger partial charge in [0.15, 0.2) is 0 Å². The number of carboxylic acid groups (broad SMARTS) is 2. The molecular weight excluding hydrogens is 284 g/mol. The minimum absolute atomic E-state index is 0.0178. The number of phenols is 1. The lowest BCUT2D eigenvalue weighted by Gasteiger charge is -2.48. The lowest BCUT2D eigenvalue weighted by Crippen LogP contribution is -2.50. The Hall–Kier alpha value is -2.04. The van der Waals surface area contributed by atoms with Crippen LogP contribution < -0.4 is 0 Å². The fraction of sp³-hybridized carbons (Fsp3) is 0.529. The van der Waals surface area contributed by atoms with E-state index >= 15 is 0 Å². The molecule has 4 unspecified atom stereocenters. The first-order valence-electron chi connectivity index (χ1n) is 7.51. The molecule has 4 atom stereocenters. The van der Waals surface area contributed by atoms with Gasteiger partial charge in [0.1, 0.15) is 5.75 Å². The minimum atomic E-state index is -1.08. The molecule has 1 fully saturated rings. The van der Waals surface area contributed by atoms with Crippen molar-refractivity contribution in [2.24, 2.45) is 11.3 Å². The number of carbonyl (C=O) groups is 2. The second-order valence-electron chi connectivity index (χ2n) is 7.06. The van der Waals surface area contributed by atoms with Crippen LogP contribution in [0.15, 0.2) is 18.2 Å². The third-order valence-corrected chi connectivity index (χ3v) is 5.84. The third-order valence-electron chi connectivity index (χ3n) is 5.84. The molecule has 2 aliphatic carbocycles. The van der Waals surface area contributed by atoms with E-state index in [4.69, 9.17) is 0 Å². The average molecular weight is 304 g/mol. The molecule has 0 radical (unpaired) electrons. The van der Waals surface area contributed by atoms with Crippen LogP contribution in [0.3, 0.4) is 0 Å². The first kappa shape index (κ1) is 14.9. The van der Waals surface area contributed by atoms with Gasteiger partial charge in [-0.2, -0.15) is 0 Å². The van der Waals surface area contributed by atoms with Gasteiger partial charge in [-0.3, -0.25) is 9.59 Å². The smallest absolute Gasteiger partial charge is 0.311 e. The number of hydrogen-bond acceptors (Lipinski definition) is 3. The highest BCUT2D eigenvalue weighted by atomic mass is 16.4. The zero-order valence-corrected chi connectivity index (χ0v) is 12.7. The van der Waals surface area contributed by atoms with E-state index < -0.39 is 34.6 Å². The van der Waals surface area contributed by atoms with Gasteiger partial charge >= 0.3 is 11.9 Å². The van der Waals surface area contributed by atoms with Gasteiger partial charge in [-0.05, 0) is 48.4 Å². The van der Waals surface area contributed by atoms with Crippen molar-refractivity contribution in [2.75, 3.05) is 0 Å². The highest BCUT2D eigenvalue weighted by molar-refractivity contribution is 5.84. The zero-order chi connectivity index (χ0) is 16.3. The van der Waals surface area contributed by atoms with Crippen LogP contribution in [0.25, 0.3) is 0 Å². The van der Waals surface area contributed by atoms with Crippen molar-refractivity contribution < 1.29 is 24.9 Å². The largest absolute Gasteiger partial charge is 0.508 e. The maximum Gasteiger partial charge on any atom is 0.311 e. The van der Waals surface area contributed by atoms with Gasteiger partial charge < -0.3 is 15.3 Å². The van der Waals surface area contributed by atoms with Gasteiger partial charge in [-0.25, -0.2) is 0 Å². The molecule has 5 nitrogen and oxygen atoms in total. The summed E-state index contributed by atoms with van der Waals surface area (Å²) in [6.45, 7) is 3.63. The van der Waals surface area contributed by atoms with Gasteiger partial charge in [0.2, 0.25) is 0 Å². The van der Waals surface area contributed by atoms with Crippen molar-refractivity contribution in [1.82, 2.24) is 0 Å². The highest BCUT2D eigenvalue weighted by Gasteiger charge is 2.62. The summed E-state index contributed by atoms with van der Waals surface area (Å²) < 4.78 is 0. The van der Waals surface area contributed by atoms with E-state index in [1.54, 1.807) is 19.1 Å². The summed E-state index contributed by atoms with van der Waals surface area (Å²) in [5.74, 6) is -3.35. The molecule has 1 aromatic rings. The third kappa shape index (κ3) is 1.71. The number of aromatic hydroxyl groups is 1. The molecule has 3 N–H and O–H groups in total. The highest BCUT2D eigenvalue weighted by Crippen LogP contribution is 2.63. The van der Waals surface area contributed by atoms with Crippen LogP contribution in [0.5, 0.6) is 5.75 Å². The van der Waals surface area contributed by atoms with Crippen molar-refractivity contribution in [3.63, 3.8) is 0 Å². The predicted molar refractivity (Wildman–Crippen MR) is 78.9 cm³/mol. The molecule has 1 aromatic carbocycles. The van der Waals surface area contributed by atoms with Crippen molar-refractivity contribution >= 4 is 11.9 Å². The van der Waals surface area contributed by atoms with E-state index in [9.17, 15) is 24.9 Å². The van der Waals surface area contributed by atoms with E-state index in [2.05, 4.69) is 0 Å². The fourth-order valence-corrected chi connectivity index (χ4v) is 4.90. The SMILES string of the molecule is CC1(C(=O)O)CCCC2(C)c3ccc(O)cc3C(C(=O)O)C12. The van der Waals surface area contributed by atoms with E-state index in [0.717, 1.165) is 18.4 Å². The summed E-state index contributed by atoms with van der Waals surface area (Å²) in [5.41, 5.74) is -0.133. The lowest BCUT2D eigenvalue weighted by atomic mass is 9.54. The number of aliphatic carboxylic acids is 2. The fourth-order valence-electron chi connectivity index (χ4n) is 4.90. The summed E-state index contributed by atoms with van der Waals surface area (Å²) in [4.78, 5) is 23.8. The first-order chi connectivity index (χ1) is 10.2. The Balaban J connectivity index is 2.27. The van der Waals surface area contributed by atoms with Crippen LogP contribution in [0, 0.1) is 11.3 Å². The molecule has 0 bridgehead atoms. The topological polar surface area (TPSA) is 94.8 Å². The minimum Gasteiger partial charge on any atom is -0.508 e. The van der Waals surface area contributed by atoms with Gasteiger partial charge in [0, 0.05) is 5.92 Å². The Morgan fingerprint density at radius 3 is 2.45 bits per heavy atom. The van der Waals surface area contributed by atoms with Crippen LogP contribution >= 0.6 is 0 Å². The molecular formula is C17H20O5. The Kier molecular flexibility index (Phi) is 3.03. The molecule has 2 aliphatic rings. The Bertz CT molecular complexity index is 667. The van der Waals surface area contributed by atoms with Crippen LogP contribution in [-0.4, -0.2) is 27.3 Å². The van der Waals surface area contributed by atoms with E-state index in [-0.39, 0.29) is 5.75 Å². The Morgan fingerprint density at radius 1 is 1.18 bits per heavy atom.